The van der Waals surface area contributed by atoms with Crippen molar-refractivity contribution in [1.29, 1.82) is 0 Å². The molecular formula is C17H23Cl2N5O. The van der Waals surface area contributed by atoms with Gasteiger partial charge in [0.2, 0.25) is 5.89 Å². The summed E-state index contributed by atoms with van der Waals surface area (Å²) in [7, 11) is 1.73. The summed E-state index contributed by atoms with van der Waals surface area (Å²) in [5.41, 5.74) is 0.959. The maximum atomic E-state index is 6.17. The molecule has 0 saturated carbocycles. The second kappa shape index (κ2) is 9.63. The van der Waals surface area contributed by atoms with E-state index in [1.54, 1.807) is 13.1 Å². The molecule has 2 N–H and O–H groups in total. The zero-order valence-electron chi connectivity index (χ0n) is 14.6. The van der Waals surface area contributed by atoms with Crippen LogP contribution in [-0.4, -0.2) is 29.7 Å². The molecule has 1 aromatic carbocycles. The van der Waals surface area contributed by atoms with Crippen LogP contribution in [0.3, 0.4) is 0 Å². The number of aryl methyl sites for hydroxylation is 1. The first kappa shape index (κ1) is 19.5. The van der Waals surface area contributed by atoms with Gasteiger partial charge in [-0.3, -0.25) is 4.99 Å². The zero-order chi connectivity index (χ0) is 18.2. The molecule has 0 spiro atoms. The number of aliphatic imine (C=N–C) groups is 1. The Balaban J connectivity index is 1.72. The average molecular weight is 384 g/mol. The highest BCUT2D eigenvalue weighted by molar-refractivity contribution is 6.35. The van der Waals surface area contributed by atoms with E-state index >= 15 is 0 Å². The smallest absolute Gasteiger partial charge is 0.226 e. The normalized spacial score (nSPS) is 11.8. The maximum absolute atomic E-state index is 6.17. The number of nitrogens with zero attached hydrogens (tertiary/aromatic N) is 3. The zero-order valence-corrected chi connectivity index (χ0v) is 16.2. The molecule has 0 aliphatic carbocycles. The molecular weight excluding hydrogens is 361 g/mol. The first-order chi connectivity index (χ1) is 12.0. The van der Waals surface area contributed by atoms with E-state index in [0.29, 0.717) is 28.4 Å². The van der Waals surface area contributed by atoms with E-state index in [2.05, 4.69) is 25.8 Å². The van der Waals surface area contributed by atoms with Gasteiger partial charge in [-0.25, -0.2) is 0 Å². The number of benzene rings is 1. The minimum atomic E-state index is 0.276. The topological polar surface area (TPSA) is 75.3 Å². The Kier molecular flexibility index (Phi) is 7.52. The van der Waals surface area contributed by atoms with Crippen molar-refractivity contribution in [1.82, 2.24) is 20.8 Å². The molecule has 0 unspecified atom stereocenters. The highest BCUT2D eigenvalue weighted by Gasteiger charge is 2.09. The van der Waals surface area contributed by atoms with Crippen LogP contribution in [0, 0.1) is 0 Å². The fraction of sp³-hybridized carbons (Fsp3) is 0.471. The highest BCUT2D eigenvalue weighted by atomic mass is 35.5. The van der Waals surface area contributed by atoms with Crippen LogP contribution < -0.4 is 10.6 Å². The number of hydrogen-bond donors (Lipinski definition) is 2. The fourth-order valence-electron chi connectivity index (χ4n) is 2.12. The number of rotatable bonds is 7. The molecule has 0 aliphatic heterocycles. The van der Waals surface area contributed by atoms with Crippen molar-refractivity contribution in [2.75, 3.05) is 13.6 Å². The predicted octanol–water partition coefficient (Wildman–Crippen LogP) is 3.80. The van der Waals surface area contributed by atoms with E-state index < -0.39 is 0 Å². The van der Waals surface area contributed by atoms with E-state index in [-0.39, 0.29) is 5.92 Å². The Morgan fingerprint density at radius 3 is 2.72 bits per heavy atom. The van der Waals surface area contributed by atoms with Crippen LogP contribution in [0.15, 0.2) is 27.7 Å². The molecule has 25 heavy (non-hydrogen) atoms. The van der Waals surface area contributed by atoms with E-state index in [4.69, 9.17) is 27.7 Å². The van der Waals surface area contributed by atoms with Gasteiger partial charge in [0.15, 0.2) is 11.8 Å². The molecule has 1 heterocycles. The molecule has 0 amide bonds. The Hall–Kier alpha value is -1.79. The monoisotopic (exact) mass is 383 g/mol. The van der Waals surface area contributed by atoms with Gasteiger partial charge in [-0.2, -0.15) is 4.98 Å². The number of hydrogen-bond acceptors (Lipinski definition) is 4. The van der Waals surface area contributed by atoms with Gasteiger partial charge in [-0.15, -0.1) is 0 Å². The van der Waals surface area contributed by atoms with Crippen molar-refractivity contribution in [2.24, 2.45) is 4.99 Å². The van der Waals surface area contributed by atoms with Crippen LogP contribution in [0.4, 0.5) is 0 Å². The van der Waals surface area contributed by atoms with Gasteiger partial charge in [0.05, 0.1) is 0 Å². The molecule has 0 fully saturated rings. The summed E-state index contributed by atoms with van der Waals surface area (Å²) < 4.78 is 5.23. The van der Waals surface area contributed by atoms with Gasteiger partial charge < -0.3 is 15.2 Å². The lowest BCUT2D eigenvalue weighted by Crippen LogP contribution is -2.37. The number of aromatic nitrogens is 2. The first-order valence-electron chi connectivity index (χ1n) is 8.20. The third-order valence-corrected chi connectivity index (χ3v) is 4.13. The lowest BCUT2D eigenvalue weighted by Gasteiger charge is -2.12. The molecule has 2 aromatic rings. The van der Waals surface area contributed by atoms with Gasteiger partial charge in [-0.1, -0.05) is 48.3 Å². The molecule has 1 aromatic heterocycles. The summed E-state index contributed by atoms with van der Waals surface area (Å²) in [5.74, 6) is 2.40. The maximum Gasteiger partial charge on any atom is 0.226 e. The summed E-state index contributed by atoms with van der Waals surface area (Å²) in [6, 6.07) is 5.44. The third kappa shape index (κ3) is 6.21. The standard InChI is InChI=1S/C17H23Cl2N5O/c1-11(2)16-23-15(25-24-16)5-4-8-21-17(20-3)22-10-12-6-7-13(18)9-14(12)19/h6-7,9,11H,4-5,8,10H2,1-3H3,(H2,20,21,22). The molecule has 0 aliphatic rings. The van der Waals surface area contributed by atoms with Gasteiger partial charge in [-0.05, 0) is 24.1 Å². The molecule has 0 radical (unpaired) electrons. The van der Waals surface area contributed by atoms with Crippen LogP contribution in [-0.2, 0) is 13.0 Å². The first-order valence-corrected chi connectivity index (χ1v) is 8.96. The highest BCUT2D eigenvalue weighted by Crippen LogP contribution is 2.20. The van der Waals surface area contributed by atoms with E-state index in [0.717, 1.165) is 30.8 Å². The van der Waals surface area contributed by atoms with Crippen molar-refractivity contribution in [2.45, 2.75) is 39.2 Å². The Morgan fingerprint density at radius 1 is 1.28 bits per heavy atom. The number of guanidine groups is 1. The molecule has 136 valence electrons. The van der Waals surface area contributed by atoms with Gasteiger partial charge in [0.25, 0.3) is 0 Å². The Labute approximate surface area is 158 Å². The van der Waals surface area contributed by atoms with Crippen LogP contribution in [0.25, 0.3) is 0 Å². The number of nitrogens with one attached hydrogen (secondary N) is 2. The van der Waals surface area contributed by atoms with Gasteiger partial charge in [0.1, 0.15) is 0 Å². The van der Waals surface area contributed by atoms with E-state index in [1.165, 1.54) is 0 Å². The van der Waals surface area contributed by atoms with E-state index in [1.807, 2.05) is 26.0 Å². The lowest BCUT2D eigenvalue weighted by molar-refractivity contribution is 0.368. The molecule has 8 heteroatoms. The molecule has 6 nitrogen and oxygen atoms in total. The summed E-state index contributed by atoms with van der Waals surface area (Å²) in [4.78, 5) is 8.56. The second-order valence-electron chi connectivity index (χ2n) is 5.89. The number of halogens is 2. The Bertz CT molecular complexity index is 715. The molecule has 0 atom stereocenters. The summed E-state index contributed by atoms with van der Waals surface area (Å²) in [5, 5.41) is 11.7. The van der Waals surface area contributed by atoms with Crippen LogP contribution >= 0.6 is 23.2 Å². The lowest BCUT2D eigenvalue weighted by atomic mass is 10.2. The summed E-state index contributed by atoms with van der Waals surface area (Å²) in [6.07, 6.45) is 1.59. The van der Waals surface area contributed by atoms with Crippen LogP contribution in [0.2, 0.25) is 10.0 Å². The predicted molar refractivity (Wildman–Crippen MR) is 101 cm³/mol. The second-order valence-corrected chi connectivity index (χ2v) is 6.74. The third-order valence-electron chi connectivity index (χ3n) is 3.55. The molecule has 0 bridgehead atoms. The summed E-state index contributed by atoms with van der Waals surface area (Å²) >= 11 is 12.1. The van der Waals surface area contributed by atoms with Crippen molar-refractivity contribution >= 4 is 29.2 Å². The van der Waals surface area contributed by atoms with Gasteiger partial charge >= 0.3 is 0 Å². The van der Waals surface area contributed by atoms with Crippen molar-refractivity contribution in [3.8, 4) is 0 Å². The minimum absolute atomic E-state index is 0.276. The van der Waals surface area contributed by atoms with Crippen molar-refractivity contribution in [3.05, 3.63) is 45.5 Å². The van der Waals surface area contributed by atoms with Crippen LogP contribution in [0.1, 0.15) is 43.5 Å². The van der Waals surface area contributed by atoms with Crippen molar-refractivity contribution < 1.29 is 4.52 Å². The van der Waals surface area contributed by atoms with Crippen LogP contribution in [0.5, 0.6) is 0 Å². The van der Waals surface area contributed by atoms with Gasteiger partial charge in [0, 0.05) is 42.5 Å². The largest absolute Gasteiger partial charge is 0.356 e. The van der Waals surface area contributed by atoms with Crippen molar-refractivity contribution in [3.63, 3.8) is 0 Å². The fourth-order valence-corrected chi connectivity index (χ4v) is 2.59. The van der Waals surface area contributed by atoms with E-state index in [9.17, 15) is 0 Å². The average Bonchev–Trinajstić information content (AvgIpc) is 3.05. The SMILES string of the molecule is CN=C(NCCCc1nc(C(C)C)no1)NCc1ccc(Cl)cc1Cl. The molecule has 0 saturated heterocycles. The summed E-state index contributed by atoms with van der Waals surface area (Å²) in [6.45, 7) is 5.39. The molecule has 2 rings (SSSR count). The Morgan fingerprint density at radius 2 is 2.08 bits per heavy atom. The minimum Gasteiger partial charge on any atom is -0.356 e. The quantitative estimate of drug-likeness (QED) is 0.432.